The Morgan fingerprint density at radius 3 is 2.67 bits per heavy atom. The molecule has 0 atom stereocenters. The zero-order valence-electron chi connectivity index (χ0n) is 11.8. The van der Waals surface area contributed by atoms with E-state index in [0.29, 0.717) is 23.4 Å². The predicted molar refractivity (Wildman–Crippen MR) is 82.0 cm³/mol. The van der Waals surface area contributed by atoms with E-state index in [0.717, 1.165) is 17.1 Å². The van der Waals surface area contributed by atoms with Gasteiger partial charge in [-0.25, -0.2) is 9.37 Å². The summed E-state index contributed by atoms with van der Waals surface area (Å²) in [5.74, 6) is 1.13. The predicted octanol–water partition coefficient (Wildman–Crippen LogP) is 3.29. The van der Waals surface area contributed by atoms with Gasteiger partial charge in [0.2, 0.25) is 0 Å². The van der Waals surface area contributed by atoms with Crippen LogP contribution in [-0.4, -0.2) is 19.2 Å². The molecule has 1 heterocycles. The van der Waals surface area contributed by atoms with Gasteiger partial charge in [-0.3, -0.25) is 0 Å². The molecular formula is C15H16BrFN2O2. The molecule has 0 amide bonds. The minimum Gasteiger partial charge on any atom is -0.497 e. The molecule has 0 unspecified atom stereocenters. The van der Waals surface area contributed by atoms with E-state index in [1.807, 2.05) is 18.2 Å². The van der Waals surface area contributed by atoms with Crippen LogP contribution in [-0.2, 0) is 13.1 Å². The van der Waals surface area contributed by atoms with Gasteiger partial charge >= 0.3 is 0 Å². The van der Waals surface area contributed by atoms with E-state index in [1.54, 1.807) is 20.3 Å². The summed E-state index contributed by atoms with van der Waals surface area (Å²) in [6.45, 7) is 0.876. The lowest BCUT2D eigenvalue weighted by Gasteiger charge is -2.11. The highest BCUT2D eigenvalue weighted by molar-refractivity contribution is 9.10. The van der Waals surface area contributed by atoms with Crippen molar-refractivity contribution in [3.05, 3.63) is 52.0 Å². The summed E-state index contributed by atoms with van der Waals surface area (Å²) < 4.78 is 24.7. The number of aromatic nitrogens is 1. The summed E-state index contributed by atoms with van der Waals surface area (Å²) in [4.78, 5) is 4.10. The number of pyridine rings is 1. The maximum atomic E-state index is 13.6. The van der Waals surface area contributed by atoms with Gasteiger partial charge in [0.05, 0.1) is 19.9 Å². The molecule has 1 aromatic carbocycles. The van der Waals surface area contributed by atoms with Crippen molar-refractivity contribution in [2.75, 3.05) is 14.2 Å². The van der Waals surface area contributed by atoms with Crippen LogP contribution in [0.15, 0.2) is 34.9 Å². The number of ether oxygens (including phenoxy) is 2. The number of methoxy groups -OCH3 is 2. The Morgan fingerprint density at radius 2 is 1.95 bits per heavy atom. The summed E-state index contributed by atoms with van der Waals surface area (Å²) in [5.41, 5.74) is 1.34. The third-order valence-corrected chi connectivity index (χ3v) is 3.43. The molecule has 6 heteroatoms. The van der Waals surface area contributed by atoms with Gasteiger partial charge in [-0.15, -0.1) is 0 Å². The van der Waals surface area contributed by atoms with Gasteiger partial charge in [0, 0.05) is 24.7 Å². The second-order valence-electron chi connectivity index (χ2n) is 4.34. The van der Waals surface area contributed by atoms with Crippen LogP contribution in [0.25, 0.3) is 0 Å². The number of nitrogens with one attached hydrogen (secondary N) is 1. The zero-order valence-corrected chi connectivity index (χ0v) is 13.4. The first kappa shape index (κ1) is 15.7. The SMILES string of the molecule is COc1ccc(CNCc2nc(Br)ccc2F)c(OC)c1. The Balaban J connectivity index is 2.01. The smallest absolute Gasteiger partial charge is 0.146 e. The molecule has 0 bridgehead atoms. The summed E-state index contributed by atoms with van der Waals surface area (Å²) in [7, 11) is 3.21. The van der Waals surface area contributed by atoms with Gasteiger partial charge in [-0.2, -0.15) is 0 Å². The molecule has 2 aromatic rings. The first-order valence-electron chi connectivity index (χ1n) is 6.36. The van der Waals surface area contributed by atoms with Gasteiger partial charge in [0.1, 0.15) is 21.9 Å². The molecule has 1 N–H and O–H groups in total. The van der Waals surface area contributed by atoms with Gasteiger partial charge < -0.3 is 14.8 Å². The van der Waals surface area contributed by atoms with Crippen LogP contribution in [0, 0.1) is 5.82 Å². The molecule has 0 saturated heterocycles. The minimum atomic E-state index is -0.326. The summed E-state index contributed by atoms with van der Waals surface area (Å²) in [6, 6.07) is 8.55. The van der Waals surface area contributed by atoms with Gasteiger partial charge in [-0.1, -0.05) is 6.07 Å². The molecule has 0 aliphatic rings. The largest absolute Gasteiger partial charge is 0.497 e. The first-order valence-corrected chi connectivity index (χ1v) is 7.16. The Kier molecular flexibility index (Phi) is 5.52. The molecule has 0 spiro atoms. The molecule has 0 aliphatic carbocycles. The molecule has 4 nitrogen and oxygen atoms in total. The molecule has 0 fully saturated rings. The van der Waals surface area contributed by atoms with E-state index in [2.05, 4.69) is 26.2 Å². The molecule has 21 heavy (non-hydrogen) atoms. The summed E-state index contributed by atoms with van der Waals surface area (Å²) >= 11 is 3.23. The maximum absolute atomic E-state index is 13.6. The topological polar surface area (TPSA) is 43.4 Å². The first-order chi connectivity index (χ1) is 10.1. The van der Waals surface area contributed by atoms with Crippen LogP contribution in [0.4, 0.5) is 4.39 Å². The lowest BCUT2D eigenvalue weighted by atomic mass is 10.2. The summed E-state index contributed by atoms with van der Waals surface area (Å²) in [6.07, 6.45) is 0. The molecule has 0 aliphatic heterocycles. The molecular weight excluding hydrogens is 339 g/mol. The quantitative estimate of drug-likeness (QED) is 0.808. The number of benzene rings is 1. The van der Waals surface area contributed by atoms with Gasteiger partial charge in [0.15, 0.2) is 0 Å². The fraction of sp³-hybridized carbons (Fsp3) is 0.267. The van der Waals surface area contributed by atoms with Crippen molar-refractivity contribution in [3.8, 4) is 11.5 Å². The van der Waals surface area contributed by atoms with Gasteiger partial charge in [-0.05, 0) is 34.1 Å². The molecule has 1 aromatic heterocycles. The normalized spacial score (nSPS) is 10.5. The fourth-order valence-corrected chi connectivity index (χ4v) is 2.24. The highest BCUT2D eigenvalue weighted by Crippen LogP contribution is 2.24. The van der Waals surface area contributed by atoms with Crippen LogP contribution in [0.1, 0.15) is 11.3 Å². The number of hydrogen-bond acceptors (Lipinski definition) is 4. The number of nitrogens with zero attached hydrogens (tertiary/aromatic N) is 1. The maximum Gasteiger partial charge on any atom is 0.146 e. The number of halogens is 2. The Bertz CT molecular complexity index is 623. The van der Waals surface area contributed by atoms with E-state index >= 15 is 0 Å². The summed E-state index contributed by atoms with van der Waals surface area (Å²) in [5, 5.41) is 3.15. The van der Waals surface area contributed by atoms with Crippen molar-refractivity contribution >= 4 is 15.9 Å². The van der Waals surface area contributed by atoms with E-state index < -0.39 is 0 Å². The number of rotatable bonds is 6. The Morgan fingerprint density at radius 1 is 1.14 bits per heavy atom. The van der Waals surface area contributed by atoms with E-state index in [-0.39, 0.29) is 5.82 Å². The third kappa shape index (κ3) is 4.15. The van der Waals surface area contributed by atoms with Crippen LogP contribution in [0.5, 0.6) is 11.5 Å². The van der Waals surface area contributed by atoms with Crippen molar-refractivity contribution in [3.63, 3.8) is 0 Å². The Hall–Kier alpha value is -1.66. The minimum absolute atomic E-state index is 0.326. The second kappa shape index (κ2) is 7.38. The lowest BCUT2D eigenvalue weighted by molar-refractivity contribution is 0.389. The fourth-order valence-electron chi connectivity index (χ4n) is 1.90. The molecule has 0 radical (unpaired) electrons. The van der Waals surface area contributed by atoms with Crippen LogP contribution >= 0.6 is 15.9 Å². The molecule has 112 valence electrons. The molecule has 0 saturated carbocycles. The van der Waals surface area contributed by atoms with Gasteiger partial charge in [0.25, 0.3) is 0 Å². The highest BCUT2D eigenvalue weighted by Gasteiger charge is 2.07. The van der Waals surface area contributed by atoms with Crippen molar-refractivity contribution in [1.82, 2.24) is 10.3 Å². The van der Waals surface area contributed by atoms with Crippen LogP contribution in [0.2, 0.25) is 0 Å². The van der Waals surface area contributed by atoms with E-state index in [1.165, 1.54) is 6.07 Å². The highest BCUT2D eigenvalue weighted by atomic mass is 79.9. The van der Waals surface area contributed by atoms with Crippen molar-refractivity contribution in [2.45, 2.75) is 13.1 Å². The third-order valence-electron chi connectivity index (χ3n) is 2.99. The van der Waals surface area contributed by atoms with Crippen molar-refractivity contribution in [2.24, 2.45) is 0 Å². The molecule has 2 rings (SSSR count). The Labute approximate surface area is 131 Å². The van der Waals surface area contributed by atoms with Crippen molar-refractivity contribution in [1.29, 1.82) is 0 Å². The lowest BCUT2D eigenvalue weighted by Crippen LogP contribution is -2.15. The second-order valence-corrected chi connectivity index (χ2v) is 5.16. The average molecular weight is 355 g/mol. The van der Waals surface area contributed by atoms with Crippen molar-refractivity contribution < 1.29 is 13.9 Å². The number of hydrogen-bond donors (Lipinski definition) is 1. The monoisotopic (exact) mass is 354 g/mol. The van der Waals surface area contributed by atoms with Crippen LogP contribution < -0.4 is 14.8 Å². The van der Waals surface area contributed by atoms with E-state index in [4.69, 9.17) is 9.47 Å². The zero-order chi connectivity index (χ0) is 15.2. The van der Waals surface area contributed by atoms with E-state index in [9.17, 15) is 4.39 Å². The standard InChI is InChI=1S/C15H16BrFN2O2/c1-20-11-4-3-10(14(7-11)21-2)8-18-9-13-12(17)5-6-15(16)19-13/h3-7,18H,8-9H2,1-2H3. The van der Waals surface area contributed by atoms with Crippen LogP contribution in [0.3, 0.4) is 0 Å². The average Bonchev–Trinajstić information content (AvgIpc) is 2.50.